The van der Waals surface area contributed by atoms with Gasteiger partial charge < -0.3 is 19.9 Å². The van der Waals surface area contributed by atoms with Gasteiger partial charge in [0.2, 0.25) is 0 Å². The van der Waals surface area contributed by atoms with Crippen molar-refractivity contribution in [2.75, 3.05) is 19.0 Å². The summed E-state index contributed by atoms with van der Waals surface area (Å²) in [4.78, 5) is 11.8. The van der Waals surface area contributed by atoms with Crippen LogP contribution in [-0.2, 0) is 11.4 Å². The molecule has 0 aliphatic carbocycles. The van der Waals surface area contributed by atoms with E-state index in [1.54, 1.807) is 49.6 Å². The van der Waals surface area contributed by atoms with Crippen molar-refractivity contribution in [2.45, 2.75) is 6.61 Å². The standard InChI is InChI=1S/C16H16ClNO4/c1-21-13-5-3-12(4-6-13)18-16(20)10-22-15-7-2-11(9-19)8-14(15)17/h2-8,19H,9-10H2,1H3,(H,18,20). The fourth-order valence-corrected chi connectivity index (χ4v) is 2.03. The Balaban J connectivity index is 1.89. The number of carbonyl (C=O) groups is 1. The zero-order valence-electron chi connectivity index (χ0n) is 12.0. The van der Waals surface area contributed by atoms with Crippen molar-refractivity contribution in [2.24, 2.45) is 0 Å². The number of carbonyl (C=O) groups excluding carboxylic acids is 1. The number of amides is 1. The normalized spacial score (nSPS) is 10.1. The number of rotatable bonds is 6. The SMILES string of the molecule is COc1ccc(NC(=O)COc2ccc(CO)cc2Cl)cc1. The summed E-state index contributed by atoms with van der Waals surface area (Å²) in [5.41, 5.74) is 1.33. The number of anilines is 1. The fourth-order valence-electron chi connectivity index (χ4n) is 1.77. The van der Waals surface area contributed by atoms with E-state index in [4.69, 9.17) is 26.2 Å². The number of methoxy groups -OCH3 is 1. The molecule has 0 radical (unpaired) electrons. The van der Waals surface area contributed by atoms with Crippen molar-refractivity contribution in [3.05, 3.63) is 53.1 Å². The third-order valence-electron chi connectivity index (χ3n) is 2.91. The van der Waals surface area contributed by atoms with Crippen molar-refractivity contribution in [1.82, 2.24) is 0 Å². The Labute approximate surface area is 133 Å². The Hall–Kier alpha value is -2.24. The van der Waals surface area contributed by atoms with Gasteiger partial charge in [0.15, 0.2) is 6.61 Å². The Morgan fingerprint density at radius 2 is 1.95 bits per heavy atom. The summed E-state index contributed by atoms with van der Waals surface area (Å²) in [6.07, 6.45) is 0. The Morgan fingerprint density at radius 3 is 2.55 bits per heavy atom. The molecule has 0 saturated heterocycles. The van der Waals surface area contributed by atoms with Gasteiger partial charge in [-0.25, -0.2) is 0 Å². The average molecular weight is 322 g/mol. The molecule has 0 aromatic heterocycles. The molecule has 22 heavy (non-hydrogen) atoms. The van der Waals surface area contributed by atoms with Crippen LogP contribution in [-0.4, -0.2) is 24.7 Å². The monoisotopic (exact) mass is 321 g/mol. The van der Waals surface area contributed by atoms with Crippen LogP contribution in [0.1, 0.15) is 5.56 Å². The summed E-state index contributed by atoms with van der Waals surface area (Å²) in [7, 11) is 1.58. The van der Waals surface area contributed by atoms with Crippen LogP contribution in [0.15, 0.2) is 42.5 Å². The predicted molar refractivity (Wildman–Crippen MR) is 84.5 cm³/mol. The zero-order chi connectivity index (χ0) is 15.9. The molecule has 6 heteroatoms. The molecule has 0 saturated carbocycles. The number of halogens is 1. The molecule has 0 fully saturated rings. The number of aliphatic hydroxyl groups excluding tert-OH is 1. The smallest absolute Gasteiger partial charge is 0.262 e. The molecule has 0 unspecified atom stereocenters. The molecule has 0 atom stereocenters. The first-order valence-corrected chi connectivity index (χ1v) is 6.96. The summed E-state index contributed by atoms with van der Waals surface area (Å²) >= 11 is 6.00. The highest BCUT2D eigenvalue weighted by molar-refractivity contribution is 6.32. The van der Waals surface area contributed by atoms with Crippen molar-refractivity contribution in [3.63, 3.8) is 0 Å². The van der Waals surface area contributed by atoms with Crippen LogP contribution >= 0.6 is 11.6 Å². The summed E-state index contributed by atoms with van der Waals surface area (Å²) in [5.74, 6) is 0.807. The van der Waals surface area contributed by atoms with Crippen LogP contribution in [0.2, 0.25) is 5.02 Å². The first-order valence-electron chi connectivity index (χ1n) is 6.58. The van der Waals surface area contributed by atoms with E-state index in [1.165, 1.54) is 0 Å². The van der Waals surface area contributed by atoms with Crippen molar-refractivity contribution < 1.29 is 19.4 Å². The average Bonchev–Trinajstić information content (AvgIpc) is 2.54. The summed E-state index contributed by atoms with van der Waals surface area (Å²) in [6, 6.07) is 11.9. The molecule has 5 nitrogen and oxygen atoms in total. The molecule has 0 heterocycles. The number of ether oxygens (including phenoxy) is 2. The van der Waals surface area contributed by atoms with Gasteiger partial charge in [-0.3, -0.25) is 4.79 Å². The van der Waals surface area contributed by atoms with E-state index in [-0.39, 0.29) is 19.1 Å². The molecule has 2 aromatic rings. The van der Waals surface area contributed by atoms with Gasteiger partial charge in [0.25, 0.3) is 5.91 Å². The van der Waals surface area contributed by atoms with Gasteiger partial charge in [-0.05, 0) is 42.0 Å². The molecule has 0 bridgehead atoms. The van der Waals surface area contributed by atoms with Gasteiger partial charge in [0, 0.05) is 5.69 Å². The first kappa shape index (κ1) is 16.1. The van der Waals surface area contributed by atoms with Gasteiger partial charge in [0.05, 0.1) is 18.7 Å². The summed E-state index contributed by atoms with van der Waals surface area (Å²) in [6.45, 7) is -0.262. The fraction of sp³-hybridized carbons (Fsp3) is 0.188. The molecule has 0 aliphatic rings. The van der Waals surface area contributed by atoms with Crippen molar-refractivity contribution in [1.29, 1.82) is 0 Å². The molecule has 1 amide bonds. The van der Waals surface area contributed by atoms with Crippen molar-refractivity contribution in [3.8, 4) is 11.5 Å². The molecule has 0 aliphatic heterocycles. The number of hydrogen-bond donors (Lipinski definition) is 2. The topological polar surface area (TPSA) is 67.8 Å². The molecular weight excluding hydrogens is 306 g/mol. The van der Waals surface area contributed by atoms with Crippen LogP contribution in [0.5, 0.6) is 11.5 Å². The van der Waals surface area contributed by atoms with E-state index >= 15 is 0 Å². The maximum atomic E-state index is 11.8. The lowest BCUT2D eigenvalue weighted by Gasteiger charge is -2.10. The third-order valence-corrected chi connectivity index (χ3v) is 3.21. The molecule has 116 valence electrons. The Kier molecular flexibility index (Phi) is 5.63. The lowest BCUT2D eigenvalue weighted by Crippen LogP contribution is -2.20. The second-order valence-corrected chi connectivity index (χ2v) is 4.90. The largest absolute Gasteiger partial charge is 0.497 e. The highest BCUT2D eigenvalue weighted by Gasteiger charge is 2.07. The number of benzene rings is 2. The van der Waals surface area contributed by atoms with Gasteiger partial charge in [0.1, 0.15) is 11.5 Å². The minimum atomic E-state index is -0.299. The van der Waals surface area contributed by atoms with Gasteiger partial charge in [-0.15, -0.1) is 0 Å². The summed E-state index contributed by atoms with van der Waals surface area (Å²) < 4.78 is 10.4. The molecule has 0 spiro atoms. The Morgan fingerprint density at radius 1 is 1.23 bits per heavy atom. The second-order valence-electron chi connectivity index (χ2n) is 4.49. The van der Waals surface area contributed by atoms with Crippen LogP contribution in [0.25, 0.3) is 0 Å². The maximum absolute atomic E-state index is 11.8. The highest BCUT2D eigenvalue weighted by Crippen LogP contribution is 2.25. The van der Waals surface area contributed by atoms with E-state index in [0.29, 0.717) is 27.8 Å². The minimum Gasteiger partial charge on any atom is -0.497 e. The van der Waals surface area contributed by atoms with E-state index in [9.17, 15) is 4.79 Å². The molecule has 2 N–H and O–H groups in total. The van der Waals surface area contributed by atoms with E-state index in [0.717, 1.165) is 0 Å². The number of hydrogen-bond acceptors (Lipinski definition) is 4. The van der Waals surface area contributed by atoms with E-state index in [2.05, 4.69) is 5.32 Å². The molecule has 2 aromatic carbocycles. The second kappa shape index (κ2) is 7.68. The van der Waals surface area contributed by atoms with E-state index in [1.807, 2.05) is 0 Å². The highest BCUT2D eigenvalue weighted by atomic mass is 35.5. The van der Waals surface area contributed by atoms with Gasteiger partial charge >= 0.3 is 0 Å². The van der Waals surface area contributed by atoms with Crippen LogP contribution in [0.4, 0.5) is 5.69 Å². The van der Waals surface area contributed by atoms with E-state index < -0.39 is 0 Å². The molecule has 2 rings (SSSR count). The van der Waals surface area contributed by atoms with Crippen molar-refractivity contribution >= 4 is 23.2 Å². The quantitative estimate of drug-likeness (QED) is 0.858. The predicted octanol–water partition coefficient (Wildman–Crippen LogP) is 2.86. The third kappa shape index (κ3) is 4.38. The van der Waals surface area contributed by atoms with Crippen LogP contribution < -0.4 is 14.8 Å². The number of nitrogens with one attached hydrogen (secondary N) is 1. The van der Waals surface area contributed by atoms with Gasteiger partial charge in [-0.1, -0.05) is 17.7 Å². The Bertz CT molecular complexity index is 643. The molecular formula is C16H16ClNO4. The van der Waals surface area contributed by atoms with Gasteiger partial charge in [-0.2, -0.15) is 0 Å². The lowest BCUT2D eigenvalue weighted by atomic mass is 10.2. The number of aliphatic hydroxyl groups is 1. The summed E-state index contributed by atoms with van der Waals surface area (Å²) in [5, 5.41) is 12.1. The van der Waals surface area contributed by atoms with Crippen LogP contribution in [0.3, 0.4) is 0 Å². The lowest BCUT2D eigenvalue weighted by molar-refractivity contribution is -0.118. The van der Waals surface area contributed by atoms with Crippen LogP contribution in [0, 0.1) is 0 Å². The maximum Gasteiger partial charge on any atom is 0.262 e. The first-order chi connectivity index (χ1) is 10.6. The zero-order valence-corrected chi connectivity index (χ0v) is 12.8. The minimum absolute atomic E-state index is 0.0993.